The number of aromatic nitrogens is 1. The molecule has 1 aromatic carbocycles. The van der Waals surface area contributed by atoms with Gasteiger partial charge in [0.1, 0.15) is 5.69 Å². The van der Waals surface area contributed by atoms with E-state index in [-0.39, 0.29) is 5.91 Å². The van der Waals surface area contributed by atoms with Crippen molar-refractivity contribution in [3.63, 3.8) is 0 Å². The Morgan fingerprint density at radius 1 is 1.19 bits per heavy atom. The van der Waals surface area contributed by atoms with Gasteiger partial charge in [-0.1, -0.05) is 29.8 Å². The summed E-state index contributed by atoms with van der Waals surface area (Å²) in [5.41, 5.74) is 2.66. The summed E-state index contributed by atoms with van der Waals surface area (Å²) in [4.78, 5) is 12.5. The fourth-order valence-corrected chi connectivity index (χ4v) is 3.13. The number of nitrogens with one attached hydrogen (secondary N) is 1. The van der Waals surface area contributed by atoms with Crippen LogP contribution in [0.1, 0.15) is 36.3 Å². The molecule has 1 aromatic heterocycles. The number of anilines is 1. The van der Waals surface area contributed by atoms with Crippen LogP contribution in [-0.4, -0.2) is 10.5 Å². The Morgan fingerprint density at radius 2 is 1.95 bits per heavy atom. The number of aryl methyl sites for hydroxylation is 2. The lowest BCUT2D eigenvalue weighted by Crippen LogP contribution is -2.17. The van der Waals surface area contributed by atoms with Crippen LogP contribution in [0, 0.1) is 0 Å². The summed E-state index contributed by atoms with van der Waals surface area (Å²) in [7, 11) is 0. The SMILES string of the molecule is CCCn1cc(Br)cc1C(=O)Nc1ccc(Br)cc1CC. The van der Waals surface area contributed by atoms with E-state index >= 15 is 0 Å². The van der Waals surface area contributed by atoms with Crippen molar-refractivity contribution in [2.24, 2.45) is 0 Å². The highest BCUT2D eigenvalue weighted by molar-refractivity contribution is 9.10. The molecule has 0 saturated carbocycles. The van der Waals surface area contributed by atoms with Gasteiger partial charge < -0.3 is 9.88 Å². The lowest BCUT2D eigenvalue weighted by Gasteiger charge is -2.12. The van der Waals surface area contributed by atoms with Crippen molar-refractivity contribution in [1.82, 2.24) is 4.57 Å². The fourth-order valence-electron chi connectivity index (χ4n) is 2.25. The second kappa shape index (κ2) is 7.27. The molecule has 0 fully saturated rings. The Bertz CT molecular complexity index is 650. The Hall–Kier alpha value is -1.07. The van der Waals surface area contributed by atoms with E-state index in [4.69, 9.17) is 0 Å². The first-order valence-electron chi connectivity index (χ1n) is 7.00. The zero-order chi connectivity index (χ0) is 15.4. The highest BCUT2D eigenvalue weighted by atomic mass is 79.9. The Labute approximate surface area is 142 Å². The topological polar surface area (TPSA) is 34.0 Å². The van der Waals surface area contributed by atoms with Gasteiger partial charge in [0.15, 0.2) is 0 Å². The minimum absolute atomic E-state index is 0.0776. The summed E-state index contributed by atoms with van der Waals surface area (Å²) in [6.07, 6.45) is 3.80. The molecule has 2 aromatic rings. The van der Waals surface area contributed by atoms with Gasteiger partial charge in [-0.25, -0.2) is 0 Å². The largest absolute Gasteiger partial charge is 0.342 e. The molecule has 0 radical (unpaired) electrons. The third-order valence-electron chi connectivity index (χ3n) is 3.26. The number of rotatable bonds is 5. The average Bonchev–Trinajstić information content (AvgIpc) is 2.82. The van der Waals surface area contributed by atoms with Crippen LogP contribution in [0.3, 0.4) is 0 Å². The summed E-state index contributed by atoms with van der Waals surface area (Å²) in [6, 6.07) is 7.77. The monoisotopic (exact) mass is 412 g/mol. The second-order valence-corrected chi connectivity index (χ2v) is 6.68. The van der Waals surface area contributed by atoms with Crippen molar-refractivity contribution in [3.05, 3.63) is 50.7 Å². The number of benzene rings is 1. The number of nitrogens with zero attached hydrogens (tertiary/aromatic N) is 1. The van der Waals surface area contributed by atoms with Gasteiger partial charge in [-0.2, -0.15) is 0 Å². The average molecular weight is 414 g/mol. The number of carbonyl (C=O) groups is 1. The fraction of sp³-hybridized carbons (Fsp3) is 0.312. The zero-order valence-electron chi connectivity index (χ0n) is 12.1. The van der Waals surface area contributed by atoms with Gasteiger partial charge in [0.2, 0.25) is 0 Å². The third kappa shape index (κ3) is 3.98. The van der Waals surface area contributed by atoms with E-state index in [0.717, 1.165) is 39.6 Å². The molecule has 1 heterocycles. The van der Waals surface area contributed by atoms with Crippen LogP contribution in [0.5, 0.6) is 0 Å². The minimum atomic E-state index is -0.0776. The van der Waals surface area contributed by atoms with Crippen LogP contribution in [0.2, 0.25) is 0 Å². The van der Waals surface area contributed by atoms with E-state index in [0.29, 0.717) is 5.69 Å². The van der Waals surface area contributed by atoms with E-state index in [1.54, 1.807) is 0 Å². The molecular formula is C16H18Br2N2O. The number of amides is 1. The predicted octanol–water partition coefficient (Wildman–Crippen LogP) is 5.24. The standard InChI is InChI=1S/C16H18Br2N2O/c1-3-7-20-10-13(18)9-15(20)16(21)19-14-6-5-12(17)8-11(14)4-2/h5-6,8-10H,3-4,7H2,1-2H3,(H,19,21). The van der Waals surface area contributed by atoms with Crippen molar-refractivity contribution in [3.8, 4) is 0 Å². The van der Waals surface area contributed by atoms with Crippen LogP contribution in [-0.2, 0) is 13.0 Å². The molecule has 0 aliphatic rings. The molecule has 0 bridgehead atoms. The number of hydrogen-bond donors (Lipinski definition) is 1. The van der Waals surface area contributed by atoms with Gasteiger partial charge in [-0.15, -0.1) is 0 Å². The van der Waals surface area contributed by atoms with E-state index < -0.39 is 0 Å². The van der Waals surface area contributed by atoms with Gasteiger partial charge in [-0.3, -0.25) is 4.79 Å². The van der Waals surface area contributed by atoms with Crippen LogP contribution in [0.15, 0.2) is 39.4 Å². The summed E-state index contributed by atoms with van der Waals surface area (Å²) in [6.45, 7) is 5.00. The molecule has 2 rings (SSSR count). The zero-order valence-corrected chi connectivity index (χ0v) is 15.3. The van der Waals surface area contributed by atoms with Crippen LogP contribution in [0.25, 0.3) is 0 Å². The molecule has 0 spiro atoms. The number of carbonyl (C=O) groups excluding carboxylic acids is 1. The maximum absolute atomic E-state index is 12.5. The predicted molar refractivity (Wildman–Crippen MR) is 93.9 cm³/mol. The van der Waals surface area contributed by atoms with Crippen LogP contribution in [0.4, 0.5) is 5.69 Å². The van der Waals surface area contributed by atoms with Gasteiger partial charge in [0, 0.05) is 27.4 Å². The van der Waals surface area contributed by atoms with Gasteiger partial charge >= 0.3 is 0 Å². The van der Waals surface area contributed by atoms with Gasteiger partial charge in [-0.05, 0) is 58.6 Å². The smallest absolute Gasteiger partial charge is 0.272 e. The highest BCUT2D eigenvalue weighted by Gasteiger charge is 2.14. The summed E-state index contributed by atoms with van der Waals surface area (Å²) in [5, 5.41) is 3.02. The summed E-state index contributed by atoms with van der Waals surface area (Å²) >= 11 is 6.90. The van der Waals surface area contributed by atoms with Gasteiger partial charge in [0.05, 0.1) is 0 Å². The molecule has 0 aliphatic heterocycles. The lowest BCUT2D eigenvalue weighted by atomic mass is 10.1. The van der Waals surface area contributed by atoms with Crippen molar-refractivity contribution in [2.45, 2.75) is 33.2 Å². The maximum atomic E-state index is 12.5. The van der Waals surface area contributed by atoms with Crippen LogP contribution >= 0.6 is 31.9 Å². The molecule has 112 valence electrons. The van der Waals surface area contributed by atoms with Crippen molar-refractivity contribution >= 4 is 43.5 Å². The molecule has 3 nitrogen and oxygen atoms in total. The van der Waals surface area contributed by atoms with E-state index in [1.165, 1.54) is 0 Å². The molecule has 0 unspecified atom stereocenters. The molecule has 0 aliphatic carbocycles. The quantitative estimate of drug-likeness (QED) is 0.714. The van der Waals surface area contributed by atoms with Crippen molar-refractivity contribution in [1.29, 1.82) is 0 Å². The first kappa shape index (κ1) is 16.3. The summed E-state index contributed by atoms with van der Waals surface area (Å²) < 4.78 is 3.92. The first-order chi connectivity index (χ1) is 10.0. The maximum Gasteiger partial charge on any atom is 0.272 e. The Kier molecular flexibility index (Phi) is 5.65. The molecule has 5 heteroatoms. The molecular weight excluding hydrogens is 396 g/mol. The molecule has 0 saturated heterocycles. The summed E-state index contributed by atoms with van der Waals surface area (Å²) in [5.74, 6) is -0.0776. The molecule has 21 heavy (non-hydrogen) atoms. The van der Waals surface area contributed by atoms with Gasteiger partial charge in [0.25, 0.3) is 5.91 Å². The molecule has 0 atom stereocenters. The Balaban J connectivity index is 2.26. The minimum Gasteiger partial charge on any atom is -0.342 e. The van der Waals surface area contributed by atoms with E-state index in [1.807, 2.05) is 35.0 Å². The first-order valence-corrected chi connectivity index (χ1v) is 8.59. The third-order valence-corrected chi connectivity index (χ3v) is 4.18. The highest BCUT2D eigenvalue weighted by Crippen LogP contribution is 2.23. The van der Waals surface area contributed by atoms with Crippen LogP contribution < -0.4 is 5.32 Å². The number of halogens is 2. The van der Waals surface area contributed by atoms with E-state index in [9.17, 15) is 4.79 Å². The molecule has 1 N–H and O–H groups in total. The lowest BCUT2D eigenvalue weighted by molar-refractivity contribution is 0.101. The normalized spacial score (nSPS) is 10.7. The van der Waals surface area contributed by atoms with E-state index in [2.05, 4.69) is 51.0 Å². The number of hydrogen-bond acceptors (Lipinski definition) is 1. The second-order valence-electron chi connectivity index (χ2n) is 4.85. The molecule has 1 amide bonds. The van der Waals surface area contributed by atoms with Crippen molar-refractivity contribution < 1.29 is 4.79 Å². The Morgan fingerprint density at radius 3 is 2.62 bits per heavy atom. The van der Waals surface area contributed by atoms with Crippen molar-refractivity contribution in [2.75, 3.05) is 5.32 Å².